The molecule has 3 amide bonds. The Labute approximate surface area is 169 Å². The van der Waals surface area contributed by atoms with Crippen LogP contribution in [0.3, 0.4) is 0 Å². The van der Waals surface area contributed by atoms with Crippen molar-refractivity contribution in [1.29, 1.82) is 0 Å². The Kier molecular flexibility index (Phi) is 4.39. The molecular formula is C23H24FN3O2. The summed E-state index contributed by atoms with van der Waals surface area (Å²) in [5.74, 6) is -0.322. The molecule has 2 aromatic rings. The van der Waals surface area contributed by atoms with Gasteiger partial charge >= 0.3 is 6.03 Å². The quantitative estimate of drug-likeness (QED) is 0.810. The summed E-state index contributed by atoms with van der Waals surface area (Å²) in [7, 11) is 0. The number of fused-ring (bicyclic) bond motifs is 2. The van der Waals surface area contributed by atoms with Crippen LogP contribution < -0.4 is 5.32 Å². The fourth-order valence-electron chi connectivity index (χ4n) is 5.26. The molecule has 2 atom stereocenters. The lowest BCUT2D eigenvalue weighted by atomic mass is 9.82. The molecule has 2 unspecified atom stereocenters. The molecule has 5 nitrogen and oxygen atoms in total. The third kappa shape index (κ3) is 3.21. The molecular weight excluding hydrogens is 369 g/mol. The highest BCUT2D eigenvalue weighted by molar-refractivity contribution is 6.07. The van der Waals surface area contributed by atoms with Gasteiger partial charge in [0.15, 0.2) is 0 Å². The molecule has 3 saturated heterocycles. The first kappa shape index (κ1) is 18.3. The van der Waals surface area contributed by atoms with E-state index in [1.807, 2.05) is 42.5 Å². The average molecular weight is 393 g/mol. The maximum absolute atomic E-state index is 13.3. The second kappa shape index (κ2) is 6.95. The zero-order chi connectivity index (χ0) is 20.0. The number of hydrogen-bond donors (Lipinski definition) is 1. The summed E-state index contributed by atoms with van der Waals surface area (Å²) in [5, 5.41) is 3.04. The number of benzene rings is 2. The molecule has 3 heterocycles. The Morgan fingerprint density at radius 3 is 2.17 bits per heavy atom. The van der Waals surface area contributed by atoms with Crippen molar-refractivity contribution in [3.8, 4) is 0 Å². The Balaban J connectivity index is 1.32. The molecule has 5 rings (SSSR count). The molecule has 2 aromatic carbocycles. The molecule has 29 heavy (non-hydrogen) atoms. The number of nitrogens with one attached hydrogen (secondary N) is 1. The van der Waals surface area contributed by atoms with Gasteiger partial charge in [-0.25, -0.2) is 9.18 Å². The van der Waals surface area contributed by atoms with Crippen LogP contribution in [0.15, 0.2) is 54.6 Å². The van der Waals surface area contributed by atoms with Crippen LogP contribution in [0, 0.1) is 5.82 Å². The highest BCUT2D eigenvalue weighted by Gasteiger charge is 2.58. The van der Waals surface area contributed by atoms with Gasteiger partial charge < -0.3 is 5.32 Å². The maximum atomic E-state index is 13.3. The van der Waals surface area contributed by atoms with Crippen LogP contribution in [0.1, 0.15) is 36.8 Å². The van der Waals surface area contributed by atoms with Crippen LogP contribution in [-0.2, 0) is 17.9 Å². The highest BCUT2D eigenvalue weighted by atomic mass is 19.1. The summed E-state index contributed by atoms with van der Waals surface area (Å²) < 4.78 is 13.2. The molecule has 6 heteroatoms. The van der Waals surface area contributed by atoms with Crippen molar-refractivity contribution < 1.29 is 14.0 Å². The normalized spacial score (nSPS) is 28.9. The molecule has 150 valence electrons. The van der Waals surface area contributed by atoms with Crippen LogP contribution in [0.2, 0.25) is 0 Å². The first-order chi connectivity index (χ1) is 14.0. The van der Waals surface area contributed by atoms with Crippen LogP contribution in [-0.4, -0.2) is 39.4 Å². The van der Waals surface area contributed by atoms with Crippen molar-refractivity contribution in [2.24, 2.45) is 0 Å². The molecule has 1 N–H and O–H groups in total. The van der Waals surface area contributed by atoms with Crippen molar-refractivity contribution in [1.82, 2.24) is 15.1 Å². The monoisotopic (exact) mass is 393 g/mol. The zero-order valence-corrected chi connectivity index (χ0v) is 16.2. The fraction of sp³-hybridized carbons (Fsp3) is 0.391. The third-order valence-corrected chi connectivity index (χ3v) is 6.65. The second-order valence-corrected chi connectivity index (χ2v) is 8.48. The zero-order valence-electron chi connectivity index (χ0n) is 16.2. The number of carbonyl (C=O) groups excluding carboxylic acids is 2. The predicted octanol–water partition coefficient (Wildman–Crippen LogP) is 3.44. The predicted molar refractivity (Wildman–Crippen MR) is 106 cm³/mol. The van der Waals surface area contributed by atoms with Crippen molar-refractivity contribution in [3.63, 3.8) is 0 Å². The molecule has 2 bridgehead atoms. The van der Waals surface area contributed by atoms with E-state index in [2.05, 4.69) is 10.2 Å². The number of hydrogen-bond acceptors (Lipinski definition) is 3. The van der Waals surface area contributed by atoms with Gasteiger partial charge in [-0.15, -0.1) is 0 Å². The minimum atomic E-state index is -0.781. The minimum absolute atomic E-state index is 0.0929. The van der Waals surface area contributed by atoms with Crippen molar-refractivity contribution >= 4 is 11.9 Å². The Morgan fingerprint density at radius 1 is 0.897 bits per heavy atom. The molecule has 3 aliphatic heterocycles. The van der Waals surface area contributed by atoms with E-state index in [9.17, 15) is 14.0 Å². The highest BCUT2D eigenvalue weighted by Crippen LogP contribution is 2.44. The van der Waals surface area contributed by atoms with Gasteiger partial charge in [0.2, 0.25) is 0 Å². The average Bonchev–Trinajstić information content (AvgIpc) is 3.08. The van der Waals surface area contributed by atoms with E-state index in [1.165, 1.54) is 17.0 Å². The topological polar surface area (TPSA) is 52.7 Å². The number of nitrogens with zero attached hydrogens (tertiary/aromatic N) is 2. The van der Waals surface area contributed by atoms with Gasteiger partial charge in [-0.05, 0) is 48.9 Å². The molecule has 1 spiro atoms. The number of carbonyl (C=O) groups is 2. The number of amides is 3. The lowest BCUT2D eigenvalue weighted by Crippen LogP contribution is -2.58. The summed E-state index contributed by atoms with van der Waals surface area (Å²) in [6.07, 6.45) is 3.33. The summed E-state index contributed by atoms with van der Waals surface area (Å²) >= 11 is 0. The summed E-state index contributed by atoms with van der Waals surface area (Å²) in [6, 6.07) is 16.5. The standard InChI is InChI=1S/C23H24FN3O2/c24-18-8-6-17(7-9-18)14-26-19-10-11-20(26)13-23(12-19)21(28)27(22(29)25-23)15-16-4-2-1-3-5-16/h1-9,19-20H,10-15H2,(H,25,29). The van der Waals surface area contributed by atoms with Crippen LogP contribution in [0.25, 0.3) is 0 Å². The van der Waals surface area contributed by atoms with Gasteiger partial charge in [0.05, 0.1) is 6.54 Å². The van der Waals surface area contributed by atoms with Crippen molar-refractivity contribution in [3.05, 3.63) is 71.5 Å². The lowest BCUT2D eigenvalue weighted by Gasteiger charge is -2.43. The minimum Gasteiger partial charge on any atom is -0.323 e. The molecule has 0 saturated carbocycles. The first-order valence-electron chi connectivity index (χ1n) is 10.2. The Morgan fingerprint density at radius 2 is 1.52 bits per heavy atom. The van der Waals surface area contributed by atoms with Crippen LogP contribution in [0.5, 0.6) is 0 Å². The molecule has 3 fully saturated rings. The lowest BCUT2D eigenvalue weighted by molar-refractivity contribution is -0.134. The largest absolute Gasteiger partial charge is 0.325 e. The van der Waals surface area contributed by atoms with Crippen LogP contribution >= 0.6 is 0 Å². The van der Waals surface area contributed by atoms with E-state index >= 15 is 0 Å². The number of imide groups is 1. The van der Waals surface area contributed by atoms with Gasteiger partial charge in [0.25, 0.3) is 5.91 Å². The fourth-order valence-corrected chi connectivity index (χ4v) is 5.26. The van der Waals surface area contributed by atoms with Gasteiger partial charge in [-0.1, -0.05) is 42.5 Å². The molecule has 0 radical (unpaired) electrons. The molecule has 0 aliphatic carbocycles. The number of piperidine rings is 1. The van der Waals surface area contributed by atoms with E-state index in [0.717, 1.165) is 30.5 Å². The Bertz CT molecular complexity index is 917. The SMILES string of the molecule is O=C1NC2(CC3CCC(C2)N3Cc2ccc(F)cc2)C(=O)N1Cc1ccccc1. The van der Waals surface area contributed by atoms with E-state index in [0.29, 0.717) is 19.4 Å². The third-order valence-electron chi connectivity index (χ3n) is 6.65. The maximum Gasteiger partial charge on any atom is 0.325 e. The number of urea groups is 1. The van der Waals surface area contributed by atoms with E-state index < -0.39 is 5.54 Å². The van der Waals surface area contributed by atoms with Crippen LogP contribution in [0.4, 0.5) is 9.18 Å². The number of halogens is 1. The summed E-state index contributed by atoms with van der Waals surface area (Å²) in [4.78, 5) is 29.7. The number of rotatable bonds is 4. The van der Waals surface area contributed by atoms with Gasteiger partial charge in [0, 0.05) is 18.6 Å². The van der Waals surface area contributed by atoms with E-state index in [4.69, 9.17) is 0 Å². The molecule has 0 aromatic heterocycles. The van der Waals surface area contributed by atoms with Crippen molar-refractivity contribution in [2.75, 3.05) is 0 Å². The molecule has 3 aliphatic rings. The van der Waals surface area contributed by atoms with E-state index in [-0.39, 0.29) is 29.8 Å². The van der Waals surface area contributed by atoms with E-state index in [1.54, 1.807) is 0 Å². The smallest absolute Gasteiger partial charge is 0.323 e. The second-order valence-electron chi connectivity index (χ2n) is 8.48. The first-order valence-corrected chi connectivity index (χ1v) is 10.2. The summed E-state index contributed by atoms with van der Waals surface area (Å²) in [5.41, 5.74) is 1.24. The van der Waals surface area contributed by atoms with Crippen molar-refractivity contribution in [2.45, 2.75) is 56.4 Å². The van der Waals surface area contributed by atoms with Gasteiger partial charge in [-0.3, -0.25) is 14.6 Å². The Hall–Kier alpha value is -2.73. The van der Waals surface area contributed by atoms with Gasteiger partial charge in [-0.2, -0.15) is 0 Å². The van der Waals surface area contributed by atoms with Gasteiger partial charge in [0.1, 0.15) is 11.4 Å². The summed E-state index contributed by atoms with van der Waals surface area (Å²) in [6.45, 7) is 1.06.